The Morgan fingerprint density at radius 1 is 0.932 bits per heavy atom. The van der Waals surface area contributed by atoms with E-state index in [9.17, 15) is 29.1 Å². The second-order valence-corrected chi connectivity index (χ2v) is 20.1. The number of aliphatic hydroxyl groups excluding tert-OH is 1. The predicted octanol–water partition coefficient (Wildman–Crippen LogP) is 7.32. The molecule has 0 spiro atoms. The van der Waals surface area contributed by atoms with Crippen molar-refractivity contribution >= 4 is 52.9 Å². The maximum absolute atomic E-state index is 14.7. The normalized spacial score (nSPS) is 31.5. The molecule has 0 aliphatic carbocycles. The fraction of sp³-hybridized carbons (Fsp3) is 0.509. The number of benzene rings is 3. The van der Waals surface area contributed by atoms with Crippen LogP contribution in [0.3, 0.4) is 0 Å². The Kier molecular flexibility index (Phi) is 18.9. The highest BCUT2D eigenvalue weighted by Crippen LogP contribution is 2.41. The summed E-state index contributed by atoms with van der Waals surface area (Å²) in [7, 11) is 3.65. The fourth-order valence-electron chi connectivity index (χ4n) is 10.3. The summed E-state index contributed by atoms with van der Waals surface area (Å²) in [5.74, 6) is -4.96. The van der Waals surface area contributed by atoms with Gasteiger partial charge in [-0.3, -0.25) is 19.7 Å². The highest BCUT2D eigenvalue weighted by molar-refractivity contribution is 5.91. The molecule has 2 aliphatic rings. The maximum atomic E-state index is 14.7. The lowest BCUT2D eigenvalue weighted by molar-refractivity contribution is -0.298. The maximum Gasteiger partial charge on any atom is 0.411 e. The van der Waals surface area contributed by atoms with Crippen LogP contribution >= 0.6 is 0 Å². The molecule has 1 aromatic heterocycles. The van der Waals surface area contributed by atoms with Gasteiger partial charge in [-0.1, -0.05) is 94.4 Å². The minimum Gasteiger partial charge on any atom is -0.458 e. The molecule has 2 aliphatic heterocycles. The van der Waals surface area contributed by atoms with Gasteiger partial charge in [-0.05, 0) is 95.6 Å². The summed E-state index contributed by atoms with van der Waals surface area (Å²) in [6.07, 6.45) is -1.50. The average molecular weight is 1010 g/mol. The Morgan fingerprint density at radius 2 is 1.62 bits per heavy atom. The van der Waals surface area contributed by atoms with E-state index in [2.05, 4.69) is 20.6 Å². The molecule has 3 heterocycles. The molecule has 2 saturated heterocycles. The van der Waals surface area contributed by atoms with Crippen molar-refractivity contribution in [3.8, 4) is 11.4 Å². The van der Waals surface area contributed by atoms with Crippen LogP contribution in [0.4, 0.5) is 15.3 Å². The van der Waals surface area contributed by atoms with Crippen molar-refractivity contribution in [2.75, 3.05) is 26.0 Å². The molecule has 394 valence electrons. The minimum atomic E-state index is -1.82. The van der Waals surface area contributed by atoms with Gasteiger partial charge in [0.15, 0.2) is 17.7 Å². The number of ether oxygens (including phenoxy) is 6. The van der Waals surface area contributed by atoms with Gasteiger partial charge in [0.25, 0.3) is 6.47 Å². The molecule has 3 aromatic carbocycles. The third-order valence-electron chi connectivity index (χ3n) is 14.4. The van der Waals surface area contributed by atoms with Crippen LogP contribution in [0.15, 0.2) is 91.3 Å². The largest absolute Gasteiger partial charge is 0.458 e. The van der Waals surface area contributed by atoms with Gasteiger partial charge in [0.05, 0.1) is 18.1 Å². The molecular weight excluding hydrogens is 937 g/mol. The van der Waals surface area contributed by atoms with Crippen LogP contribution < -0.4 is 16.4 Å². The fourth-order valence-corrected chi connectivity index (χ4v) is 10.3. The summed E-state index contributed by atoms with van der Waals surface area (Å²) >= 11 is 0. The zero-order chi connectivity index (χ0) is 53.2. The van der Waals surface area contributed by atoms with Crippen molar-refractivity contribution in [3.63, 3.8) is 0 Å². The number of amides is 2. The zero-order valence-electron chi connectivity index (χ0n) is 43.4. The van der Waals surface area contributed by atoms with Crippen LogP contribution in [0.5, 0.6) is 0 Å². The van der Waals surface area contributed by atoms with Gasteiger partial charge in [0, 0.05) is 54.0 Å². The van der Waals surface area contributed by atoms with E-state index in [1.165, 1.54) is 13.8 Å². The number of nitrogens with one attached hydrogen (secondary N) is 2. The summed E-state index contributed by atoms with van der Waals surface area (Å²) in [6, 6.07) is 20.6. The number of hydrogen-bond acceptors (Lipinski definition) is 16. The number of hydrogen-bond donors (Lipinski definition) is 4. The first kappa shape index (κ1) is 56.0. The van der Waals surface area contributed by atoms with Gasteiger partial charge in [-0.2, -0.15) is 0 Å². The number of nitrogens with two attached hydrogens (primary N) is 1. The molecule has 5 N–H and O–H groups in total. The van der Waals surface area contributed by atoms with E-state index in [4.69, 9.17) is 34.2 Å². The number of carbonyl (C=O) groups excluding carboxylic acids is 5. The standard InChI is InChI=1S/C55H72N6O12/c1-11-43-55(8,68-31-62)47(56)34(4)44(63)32(2)30-54(7,73-52(66)59-25-14-16-37-19-21-39(22-20-37)49-57-26-15-27-58-49)48(72-51-45(64)42(61(9)10)28-33(3)69-51)35(5)46(36(6)50(65)70-43)71-53(67)60-41-24-23-38-17-12-13-18-40(38)29-41/h12-24,26-27,29,31-36,42-43,45-48,51,64H,11,25,28,30,56H2,1-10H3,(H,59,66)(H,60,67)/b16-14+/t32-,33-,34+,35+,36-,42+,43-,45-,46+,47-,48-,51+,54-,55-/m1/s1. The van der Waals surface area contributed by atoms with Crippen LogP contribution in [0, 0.1) is 23.7 Å². The number of rotatable bonds is 13. The number of cyclic esters (lactones) is 1. The first-order valence-corrected chi connectivity index (χ1v) is 24.9. The summed E-state index contributed by atoms with van der Waals surface area (Å²) in [5, 5.41) is 19.3. The molecule has 2 fully saturated rings. The van der Waals surface area contributed by atoms with Gasteiger partial charge in [0.2, 0.25) is 0 Å². The molecule has 0 bridgehead atoms. The van der Waals surface area contributed by atoms with Gasteiger partial charge >= 0.3 is 18.2 Å². The molecule has 0 unspecified atom stereocenters. The first-order chi connectivity index (χ1) is 34.7. The molecule has 6 rings (SSSR count). The number of nitrogens with zero attached hydrogens (tertiary/aromatic N) is 3. The Balaban J connectivity index is 1.41. The number of Topliss-reactive ketones (excluding diaryl/α,β-unsaturated/α-hetero) is 1. The summed E-state index contributed by atoms with van der Waals surface area (Å²) < 4.78 is 37.8. The van der Waals surface area contributed by atoms with E-state index < -0.39 is 102 Å². The van der Waals surface area contributed by atoms with Crippen LogP contribution in [0.2, 0.25) is 0 Å². The number of anilines is 1. The van der Waals surface area contributed by atoms with Crippen LogP contribution in [-0.4, -0.2) is 131 Å². The number of carbonyl (C=O) groups is 5. The number of alkyl carbamates (subject to hydrolysis) is 1. The van der Waals surface area contributed by atoms with Gasteiger partial charge < -0.3 is 49.5 Å². The molecule has 2 amide bonds. The van der Waals surface area contributed by atoms with Crippen LogP contribution in [0.25, 0.3) is 28.2 Å². The molecule has 0 saturated carbocycles. The lowest BCUT2D eigenvalue weighted by atomic mass is 9.73. The van der Waals surface area contributed by atoms with Crippen molar-refractivity contribution in [3.05, 3.63) is 96.8 Å². The molecule has 14 atom stereocenters. The number of aromatic nitrogens is 2. The van der Waals surface area contributed by atoms with Crippen molar-refractivity contribution in [1.29, 1.82) is 0 Å². The Bertz CT molecular complexity index is 2550. The number of ketones is 1. The smallest absolute Gasteiger partial charge is 0.411 e. The lowest BCUT2D eigenvalue weighted by Crippen LogP contribution is -2.63. The summed E-state index contributed by atoms with van der Waals surface area (Å²) in [5.41, 5.74) is 5.43. The summed E-state index contributed by atoms with van der Waals surface area (Å²) in [4.78, 5) is 80.5. The van der Waals surface area contributed by atoms with E-state index in [0.717, 1.165) is 21.9 Å². The van der Waals surface area contributed by atoms with Gasteiger partial charge in [-0.25, -0.2) is 19.6 Å². The molecular formula is C55H72N6O12. The van der Waals surface area contributed by atoms with Crippen LogP contribution in [-0.2, 0) is 42.8 Å². The Labute approximate surface area is 427 Å². The second kappa shape index (κ2) is 24.6. The highest BCUT2D eigenvalue weighted by Gasteiger charge is 2.55. The molecule has 4 aromatic rings. The summed E-state index contributed by atoms with van der Waals surface area (Å²) in [6.45, 7) is 13.3. The van der Waals surface area contributed by atoms with Crippen molar-refractivity contribution in [2.24, 2.45) is 29.4 Å². The van der Waals surface area contributed by atoms with Crippen molar-refractivity contribution < 1.29 is 57.5 Å². The predicted molar refractivity (Wildman–Crippen MR) is 275 cm³/mol. The lowest BCUT2D eigenvalue weighted by Gasteiger charge is -2.48. The minimum absolute atomic E-state index is 0.0177. The third-order valence-corrected chi connectivity index (χ3v) is 14.4. The number of aliphatic hydroxyl groups is 1. The second-order valence-electron chi connectivity index (χ2n) is 20.1. The zero-order valence-corrected chi connectivity index (χ0v) is 43.4. The van der Waals surface area contributed by atoms with E-state index in [0.29, 0.717) is 17.9 Å². The monoisotopic (exact) mass is 1010 g/mol. The number of esters is 1. The Morgan fingerprint density at radius 3 is 2.27 bits per heavy atom. The topological polar surface area (TPSA) is 240 Å². The van der Waals surface area contributed by atoms with Crippen molar-refractivity contribution in [2.45, 2.75) is 135 Å². The van der Waals surface area contributed by atoms with E-state index >= 15 is 0 Å². The van der Waals surface area contributed by atoms with Gasteiger partial charge in [0.1, 0.15) is 35.8 Å². The third kappa shape index (κ3) is 13.5. The molecule has 73 heavy (non-hydrogen) atoms. The molecule has 0 radical (unpaired) electrons. The average Bonchev–Trinajstić information content (AvgIpc) is 3.37. The quantitative estimate of drug-likeness (QED) is 0.0583. The molecule has 18 nitrogen and oxygen atoms in total. The van der Waals surface area contributed by atoms with Crippen molar-refractivity contribution in [1.82, 2.24) is 20.2 Å². The van der Waals surface area contributed by atoms with Crippen LogP contribution in [0.1, 0.15) is 80.2 Å². The number of likely N-dealkylation sites (N-methyl/N-ethyl adjacent to an activating group) is 1. The SMILES string of the molecule is CC[C@H]1OC(=O)[C@H](C)[C@@H](OC(=O)Nc2ccc3ccccc3c2)[C@H](C)[C@@H](O[C@@H]2O[C@H](C)C[C@H](N(C)C)[C@H]2O)[C@](C)(OC(=O)NC/C=C/c2ccc(-c3ncccn3)cc2)C[C@@H](C)C(=O)[C@H](C)[C@@H](N)[C@]1(C)OC=O. The van der Waals surface area contributed by atoms with E-state index in [-0.39, 0.29) is 31.6 Å². The Hall–Kier alpha value is -6.31. The van der Waals surface area contributed by atoms with E-state index in [1.54, 1.807) is 71.3 Å². The van der Waals surface area contributed by atoms with Gasteiger partial charge in [-0.15, -0.1) is 0 Å². The van der Waals surface area contributed by atoms with E-state index in [1.807, 2.05) is 86.6 Å². The highest BCUT2D eigenvalue weighted by atomic mass is 16.7. The molecule has 18 heteroatoms. The first-order valence-electron chi connectivity index (χ1n) is 24.9. The number of fused-ring (bicyclic) bond motifs is 1.